The lowest BCUT2D eigenvalue weighted by Crippen LogP contribution is -2.26. The molecule has 2 N–H and O–H groups in total. The minimum absolute atomic E-state index is 0.257. The summed E-state index contributed by atoms with van der Waals surface area (Å²) < 4.78 is 14.9. The largest absolute Gasteiger partial charge is 0.352 e. The molecule has 27 heavy (non-hydrogen) atoms. The van der Waals surface area contributed by atoms with Crippen molar-refractivity contribution in [3.63, 3.8) is 0 Å². The van der Waals surface area contributed by atoms with Crippen LogP contribution in [0.1, 0.15) is 15.9 Å². The van der Waals surface area contributed by atoms with E-state index in [-0.39, 0.29) is 11.6 Å². The third kappa shape index (κ3) is 5.40. The van der Waals surface area contributed by atoms with E-state index in [1.165, 1.54) is 18.5 Å². The second-order valence-corrected chi connectivity index (χ2v) is 7.49. The normalized spacial score (nSPS) is 10.5. The molecule has 0 atom stereocenters. The van der Waals surface area contributed by atoms with Crippen molar-refractivity contribution in [1.82, 2.24) is 10.3 Å². The third-order valence-electron chi connectivity index (χ3n) is 3.85. The number of carbonyl (C=O) groups excluding carboxylic acids is 1. The number of rotatable bonds is 6. The van der Waals surface area contributed by atoms with Crippen LogP contribution in [0.15, 0.2) is 60.9 Å². The van der Waals surface area contributed by atoms with E-state index in [0.29, 0.717) is 29.2 Å². The molecule has 3 rings (SSSR count). The summed E-state index contributed by atoms with van der Waals surface area (Å²) in [5, 5.41) is 6.48. The smallest absolute Gasteiger partial charge is 0.253 e. The Morgan fingerprint density at radius 1 is 1.15 bits per heavy atom. The molecule has 0 radical (unpaired) electrons. The quantitative estimate of drug-likeness (QED) is 0.463. The Labute approximate surface area is 175 Å². The Hall–Kier alpha value is -2.19. The van der Waals surface area contributed by atoms with E-state index in [0.717, 1.165) is 9.13 Å². The Morgan fingerprint density at radius 2 is 2.00 bits per heavy atom. The van der Waals surface area contributed by atoms with Crippen molar-refractivity contribution in [2.24, 2.45) is 0 Å². The van der Waals surface area contributed by atoms with Gasteiger partial charge in [0.2, 0.25) is 0 Å². The van der Waals surface area contributed by atoms with Gasteiger partial charge in [-0.2, -0.15) is 0 Å². The molecular formula is C20H16ClFIN3O. The number of benzene rings is 2. The zero-order valence-corrected chi connectivity index (χ0v) is 17.1. The number of anilines is 2. The highest BCUT2D eigenvalue weighted by Crippen LogP contribution is 2.23. The number of hydrogen-bond donors (Lipinski definition) is 2. The first-order valence-electron chi connectivity index (χ1n) is 8.21. The van der Waals surface area contributed by atoms with Gasteiger partial charge in [-0.1, -0.05) is 23.7 Å². The van der Waals surface area contributed by atoms with Gasteiger partial charge < -0.3 is 10.6 Å². The van der Waals surface area contributed by atoms with Gasteiger partial charge in [0.1, 0.15) is 5.82 Å². The molecule has 1 heterocycles. The van der Waals surface area contributed by atoms with Gasteiger partial charge in [0.15, 0.2) is 0 Å². The van der Waals surface area contributed by atoms with Crippen LogP contribution in [0.4, 0.5) is 15.8 Å². The van der Waals surface area contributed by atoms with Crippen LogP contribution < -0.4 is 10.6 Å². The van der Waals surface area contributed by atoms with E-state index in [1.54, 1.807) is 18.2 Å². The Kier molecular flexibility index (Phi) is 6.63. The maximum absolute atomic E-state index is 14.1. The lowest BCUT2D eigenvalue weighted by atomic mass is 10.1. The first-order chi connectivity index (χ1) is 13.0. The summed E-state index contributed by atoms with van der Waals surface area (Å²) in [6.45, 7) is 0.457. The van der Waals surface area contributed by atoms with Crippen LogP contribution in [-0.2, 0) is 6.42 Å². The summed E-state index contributed by atoms with van der Waals surface area (Å²) >= 11 is 8.01. The average Bonchev–Trinajstić information content (AvgIpc) is 2.64. The first-order valence-corrected chi connectivity index (χ1v) is 9.67. The second-order valence-electron chi connectivity index (χ2n) is 5.81. The number of hydrogen-bond acceptors (Lipinski definition) is 3. The molecule has 7 heteroatoms. The van der Waals surface area contributed by atoms with Gasteiger partial charge in [-0.3, -0.25) is 9.78 Å². The monoisotopic (exact) mass is 495 g/mol. The maximum Gasteiger partial charge on any atom is 0.253 e. The van der Waals surface area contributed by atoms with Crippen LogP contribution in [-0.4, -0.2) is 17.4 Å². The number of pyridine rings is 1. The summed E-state index contributed by atoms with van der Waals surface area (Å²) in [5.41, 5.74) is 2.17. The minimum atomic E-state index is -0.391. The molecule has 138 valence electrons. The van der Waals surface area contributed by atoms with Gasteiger partial charge in [-0.05, 0) is 71.0 Å². The standard InChI is InChI=1S/C20H16ClFIN3O/c21-14-3-1-2-13(10-14)6-9-25-20(27)16-7-8-24-12-19(16)26-18-5-4-15(23)11-17(18)22/h1-5,7-8,10-12,26H,6,9H2,(H,25,27). The number of halogens is 3. The Balaban J connectivity index is 1.68. The number of amides is 1. The van der Waals surface area contributed by atoms with Gasteiger partial charge in [-0.25, -0.2) is 4.39 Å². The predicted octanol–water partition coefficient (Wildman–Crippen LogP) is 5.19. The van der Waals surface area contributed by atoms with Crippen LogP contribution in [0.25, 0.3) is 0 Å². The Morgan fingerprint density at radius 3 is 2.78 bits per heavy atom. The van der Waals surface area contributed by atoms with Crippen LogP contribution in [0, 0.1) is 9.39 Å². The summed E-state index contributed by atoms with van der Waals surface area (Å²) in [4.78, 5) is 16.6. The average molecular weight is 496 g/mol. The van der Waals surface area contributed by atoms with Crippen LogP contribution in [0.3, 0.4) is 0 Å². The number of carbonyl (C=O) groups is 1. The van der Waals surface area contributed by atoms with Gasteiger partial charge in [0.05, 0.1) is 23.1 Å². The molecule has 1 aromatic heterocycles. The molecule has 0 bridgehead atoms. The highest BCUT2D eigenvalue weighted by molar-refractivity contribution is 14.1. The molecule has 1 amide bonds. The van der Waals surface area contributed by atoms with E-state index in [1.807, 2.05) is 46.9 Å². The number of nitrogens with zero attached hydrogens (tertiary/aromatic N) is 1. The van der Waals surface area contributed by atoms with E-state index in [2.05, 4.69) is 15.6 Å². The van der Waals surface area contributed by atoms with Crippen molar-refractivity contribution in [2.45, 2.75) is 6.42 Å². The molecule has 0 aliphatic heterocycles. The van der Waals surface area contributed by atoms with E-state index >= 15 is 0 Å². The SMILES string of the molecule is O=C(NCCc1cccc(Cl)c1)c1ccncc1Nc1ccc(I)cc1F. The van der Waals surface area contributed by atoms with Gasteiger partial charge in [0.25, 0.3) is 5.91 Å². The highest BCUT2D eigenvalue weighted by atomic mass is 127. The molecule has 3 aromatic rings. The van der Waals surface area contributed by atoms with Gasteiger partial charge in [-0.15, -0.1) is 0 Å². The molecule has 4 nitrogen and oxygen atoms in total. The number of aromatic nitrogens is 1. The lowest BCUT2D eigenvalue weighted by Gasteiger charge is -2.12. The molecule has 0 spiro atoms. The first kappa shape index (κ1) is 19.6. The summed E-state index contributed by atoms with van der Waals surface area (Å²) in [6.07, 6.45) is 3.69. The predicted molar refractivity (Wildman–Crippen MR) is 114 cm³/mol. The molecule has 0 unspecified atom stereocenters. The zero-order chi connectivity index (χ0) is 19.2. The summed E-state index contributed by atoms with van der Waals surface area (Å²) in [6, 6.07) is 13.9. The van der Waals surface area contributed by atoms with Crippen molar-refractivity contribution < 1.29 is 9.18 Å². The Bertz CT molecular complexity index is 967. The lowest BCUT2D eigenvalue weighted by molar-refractivity contribution is 0.0955. The molecule has 0 saturated heterocycles. The highest BCUT2D eigenvalue weighted by Gasteiger charge is 2.13. The van der Waals surface area contributed by atoms with Crippen molar-refractivity contribution >= 4 is 51.5 Å². The van der Waals surface area contributed by atoms with Crippen LogP contribution in [0.5, 0.6) is 0 Å². The van der Waals surface area contributed by atoms with Crippen molar-refractivity contribution in [1.29, 1.82) is 0 Å². The molecule has 2 aromatic carbocycles. The number of nitrogens with one attached hydrogen (secondary N) is 2. The molecule has 0 aliphatic carbocycles. The van der Waals surface area contributed by atoms with E-state index < -0.39 is 5.82 Å². The fourth-order valence-electron chi connectivity index (χ4n) is 2.54. The fraction of sp³-hybridized carbons (Fsp3) is 0.100. The summed E-state index contributed by atoms with van der Waals surface area (Å²) in [7, 11) is 0. The molecule has 0 fully saturated rings. The van der Waals surface area contributed by atoms with E-state index in [4.69, 9.17) is 11.6 Å². The van der Waals surface area contributed by atoms with Crippen molar-refractivity contribution in [2.75, 3.05) is 11.9 Å². The second kappa shape index (κ2) is 9.14. The van der Waals surface area contributed by atoms with Gasteiger partial charge in [0, 0.05) is 21.3 Å². The van der Waals surface area contributed by atoms with Crippen molar-refractivity contribution in [3.8, 4) is 0 Å². The molecule has 0 saturated carbocycles. The molecule has 0 aliphatic rings. The minimum Gasteiger partial charge on any atom is -0.352 e. The zero-order valence-electron chi connectivity index (χ0n) is 14.2. The topological polar surface area (TPSA) is 54.0 Å². The molecular weight excluding hydrogens is 480 g/mol. The summed E-state index contributed by atoms with van der Waals surface area (Å²) in [5.74, 6) is -0.647. The van der Waals surface area contributed by atoms with E-state index in [9.17, 15) is 9.18 Å². The van der Waals surface area contributed by atoms with Crippen LogP contribution in [0.2, 0.25) is 5.02 Å². The van der Waals surface area contributed by atoms with Gasteiger partial charge >= 0.3 is 0 Å². The maximum atomic E-state index is 14.1. The fourth-order valence-corrected chi connectivity index (χ4v) is 3.20. The third-order valence-corrected chi connectivity index (χ3v) is 4.76. The van der Waals surface area contributed by atoms with Crippen LogP contribution >= 0.6 is 34.2 Å². The van der Waals surface area contributed by atoms with Crippen molar-refractivity contribution in [3.05, 3.63) is 86.5 Å².